The minimum Gasteiger partial charge on any atom is -0.506 e. The zero-order chi connectivity index (χ0) is 19.0. The molecular weight excluding hydrogens is 474 g/mol. The van der Waals surface area contributed by atoms with Crippen LogP contribution in [0, 0.1) is 0 Å². The van der Waals surface area contributed by atoms with Gasteiger partial charge in [-0.25, -0.2) is 4.98 Å². The number of hydrogen-bond acceptors (Lipinski definition) is 4. The molecule has 1 aromatic heterocycles. The highest BCUT2D eigenvalue weighted by molar-refractivity contribution is 9.11. The van der Waals surface area contributed by atoms with Crippen LogP contribution in [0.15, 0.2) is 68.5 Å². The lowest BCUT2D eigenvalue weighted by Crippen LogP contribution is -1.86. The number of fused-ring (bicyclic) bond motifs is 1. The van der Waals surface area contributed by atoms with Crippen LogP contribution in [0.4, 0.5) is 5.69 Å². The second-order valence-electron chi connectivity index (χ2n) is 5.87. The van der Waals surface area contributed by atoms with Crippen molar-refractivity contribution in [1.29, 1.82) is 0 Å². The Morgan fingerprint density at radius 3 is 2.44 bits per heavy atom. The van der Waals surface area contributed by atoms with Gasteiger partial charge >= 0.3 is 0 Å². The van der Waals surface area contributed by atoms with Crippen molar-refractivity contribution in [1.82, 2.24) is 9.97 Å². The first-order valence-corrected chi connectivity index (χ1v) is 9.60. The van der Waals surface area contributed by atoms with E-state index in [0.29, 0.717) is 10.0 Å². The van der Waals surface area contributed by atoms with Crippen LogP contribution in [0.1, 0.15) is 5.56 Å². The number of aromatic hydroxyl groups is 2. The zero-order valence-electron chi connectivity index (χ0n) is 13.8. The van der Waals surface area contributed by atoms with Gasteiger partial charge in [-0.3, -0.25) is 4.99 Å². The number of phenols is 2. The van der Waals surface area contributed by atoms with Gasteiger partial charge in [0.15, 0.2) is 0 Å². The molecule has 7 heteroatoms. The third-order valence-corrected chi connectivity index (χ3v) is 5.44. The monoisotopic (exact) mass is 485 g/mol. The molecule has 5 nitrogen and oxygen atoms in total. The molecule has 0 atom stereocenters. The van der Waals surface area contributed by atoms with Crippen molar-refractivity contribution in [3.8, 4) is 22.9 Å². The fourth-order valence-corrected chi connectivity index (χ4v) is 3.81. The Balaban J connectivity index is 1.60. The van der Waals surface area contributed by atoms with Gasteiger partial charge in [0.25, 0.3) is 0 Å². The molecule has 0 bridgehead atoms. The number of hydrogen-bond donors (Lipinski definition) is 3. The lowest BCUT2D eigenvalue weighted by Gasteiger charge is -2.06. The highest BCUT2D eigenvalue weighted by Gasteiger charge is 2.12. The van der Waals surface area contributed by atoms with Gasteiger partial charge in [-0.15, -0.1) is 0 Å². The first kappa shape index (κ1) is 17.8. The lowest BCUT2D eigenvalue weighted by atomic mass is 10.2. The maximum Gasteiger partial charge on any atom is 0.147 e. The number of nitrogens with zero attached hydrogens (tertiary/aromatic N) is 2. The van der Waals surface area contributed by atoms with Crippen molar-refractivity contribution in [2.24, 2.45) is 4.99 Å². The number of aromatic nitrogens is 2. The highest BCUT2D eigenvalue weighted by atomic mass is 79.9. The summed E-state index contributed by atoms with van der Waals surface area (Å²) in [5, 5.41) is 19.9. The lowest BCUT2D eigenvalue weighted by molar-refractivity contribution is 0.442. The number of aromatic amines is 1. The maximum absolute atomic E-state index is 10.1. The van der Waals surface area contributed by atoms with Crippen LogP contribution in [-0.4, -0.2) is 26.4 Å². The number of aliphatic imine (C=N–C) groups is 1. The van der Waals surface area contributed by atoms with Crippen LogP contribution in [-0.2, 0) is 0 Å². The van der Waals surface area contributed by atoms with E-state index in [9.17, 15) is 10.2 Å². The number of halogens is 2. The predicted molar refractivity (Wildman–Crippen MR) is 114 cm³/mol. The van der Waals surface area contributed by atoms with Crippen LogP contribution >= 0.6 is 31.9 Å². The minimum atomic E-state index is -0.0710. The summed E-state index contributed by atoms with van der Waals surface area (Å²) in [4.78, 5) is 12.3. The fourth-order valence-electron chi connectivity index (χ4n) is 2.65. The summed E-state index contributed by atoms with van der Waals surface area (Å²) in [5.41, 5.74) is 4.09. The van der Waals surface area contributed by atoms with Crippen LogP contribution in [0.25, 0.3) is 22.4 Å². The Labute approximate surface area is 171 Å². The first-order chi connectivity index (χ1) is 13.0. The van der Waals surface area contributed by atoms with Gasteiger partial charge in [0.2, 0.25) is 0 Å². The molecular formula is C20H13Br2N3O2. The van der Waals surface area contributed by atoms with Crippen LogP contribution in [0.3, 0.4) is 0 Å². The fraction of sp³-hybridized carbons (Fsp3) is 0. The van der Waals surface area contributed by atoms with E-state index >= 15 is 0 Å². The zero-order valence-corrected chi connectivity index (χ0v) is 17.0. The summed E-state index contributed by atoms with van der Waals surface area (Å²) in [5.74, 6) is 0.675. The molecule has 0 saturated heterocycles. The van der Waals surface area contributed by atoms with E-state index in [0.717, 1.165) is 28.1 Å². The molecule has 0 unspecified atom stereocenters. The highest BCUT2D eigenvalue weighted by Crippen LogP contribution is 2.40. The molecule has 0 amide bonds. The molecule has 27 heavy (non-hydrogen) atoms. The van der Waals surface area contributed by atoms with Gasteiger partial charge < -0.3 is 15.2 Å². The summed E-state index contributed by atoms with van der Waals surface area (Å²) >= 11 is 6.40. The Morgan fingerprint density at radius 2 is 1.70 bits per heavy atom. The molecule has 0 radical (unpaired) electrons. The molecule has 1 heterocycles. The van der Waals surface area contributed by atoms with Gasteiger partial charge in [0.05, 0.1) is 21.2 Å². The van der Waals surface area contributed by atoms with E-state index in [4.69, 9.17) is 0 Å². The molecule has 0 spiro atoms. The third-order valence-electron chi connectivity index (χ3n) is 4.08. The van der Waals surface area contributed by atoms with E-state index in [-0.39, 0.29) is 16.0 Å². The van der Waals surface area contributed by atoms with E-state index < -0.39 is 0 Å². The van der Waals surface area contributed by atoms with Gasteiger partial charge in [-0.05, 0) is 74.3 Å². The second kappa shape index (κ2) is 7.17. The molecule has 0 aliphatic rings. The number of para-hydroxylation sites is 2. The number of H-pyrrole nitrogens is 1. The van der Waals surface area contributed by atoms with Gasteiger partial charge in [-0.1, -0.05) is 12.1 Å². The van der Waals surface area contributed by atoms with Crippen LogP contribution < -0.4 is 0 Å². The average molecular weight is 487 g/mol. The number of imidazole rings is 1. The van der Waals surface area contributed by atoms with Crippen molar-refractivity contribution < 1.29 is 10.2 Å². The minimum absolute atomic E-state index is 0.0557. The van der Waals surface area contributed by atoms with Gasteiger partial charge in [-0.2, -0.15) is 0 Å². The molecule has 134 valence electrons. The normalized spacial score (nSPS) is 11.5. The number of rotatable bonds is 3. The van der Waals surface area contributed by atoms with Gasteiger partial charge in [0, 0.05) is 17.3 Å². The predicted octanol–water partition coefficient (Wildman–Crippen LogP) is 5.92. The van der Waals surface area contributed by atoms with E-state index in [1.165, 1.54) is 0 Å². The topological polar surface area (TPSA) is 81.5 Å². The Bertz CT molecular complexity index is 1140. The van der Waals surface area contributed by atoms with Crippen molar-refractivity contribution >= 4 is 54.8 Å². The smallest absolute Gasteiger partial charge is 0.147 e. The number of phenolic OH excluding ortho intramolecular Hbond substituents is 2. The van der Waals surface area contributed by atoms with E-state index in [2.05, 4.69) is 46.8 Å². The summed E-state index contributed by atoms with van der Waals surface area (Å²) < 4.78 is 0.687. The molecule has 0 aliphatic carbocycles. The molecule has 4 rings (SSSR count). The van der Waals surface area contributed by atoms with Crippen molar-refractivity contribution in [2.45, 2.75) is 0 Å². The Morgan fingerprint density at radius 1 is 0.963 bits per heavy atom. The van der Waals surface area contributed by atoms with Crippen molar-refractivity contribution in [2.75, 3.05) is 0 Å². The third kappa shape index (κ3) is 3.48. The standard InChI is InChI=1S/C20H13Br2N3O2/c21-14-9-12(18(26)17(22)19(14)27)10-23-13-7-5-11(6-8-13)20-24-15-3-1-2-4-16(15)25-20/h1-10,26-27H,(H,24,25)/b23-10+. The van der Waals surface area contributed by atoms with Gasteiger partial charge in [0.1, 0.15) is 21.8 Å². The molecule has 0 saturated carbocycles. The number of nitrogens with one attached hydrogen (secondary N) is 1. The maximum atomic E-state index is 10.1. The van der Waals surface area contributed by atoms with E-state index in [1.54, 1.807) is 12.3 Å². The Hall–Kier alpha value is -2.64. The SMILES string of the molecule is Oc1c(Br)cc(/C=N/c2ccc(-c3nc4ccccc4[nH]3)cc2)c(O)c1Br. The molecule has 3 N–H and O–H groups in total. The number of benzene rings is 3. The van der Waals surface area contributed by atoms with Crippen LogP contribution in [0.5, 0.6) is 11.5 Å². The largest absolute Gasteiger partial charge is 0.506 e. The second-order valence-corrected chi connectivity index (χ2v) is 7.51. The Kier molecular flexibility index (Phi) is 4.72. The summed E-state index contributed by atoms with van der Waals surface area (Å²) in [6.45, 7) is 0. The van der Waals surface area contributed by atoms with Crippen molar-refractivity contribution in [3.63, 3.8) is 0 Å². The van der Waals surface area contributed by atoms with Crippen molar-refractivity contribution in [3.05, 3.63) is 69.1 Å². The molecule has 0 aliphatic heterocycles. The summed E-state index contributed by atoms with van der Waals surface area (Å²) in [6, 6.07) is 17.1. The first-order valence-electron chi connectivity index (χ1n) is 8.02. The molecule has 3 aromatic carbocycles. The van der Waals surface area contributed by atoms with Crippen LogP contribution in [0.2, 0.25) is 0 Å². The molecule has 4 aromatic rings. The quantitative estimate of drug-likeness (QED) is 0.314. The molecule has 0 fully saturated rings. The summed E-state index contributed by atoms with van der Waals surface area (Å²) in [7, 11) is 0. The van der Waals surface area contributed by atoms with E-state index in [1.807, 2.05) is 48.5 Å². The average Bonchev–Trinajstić information content (AvgIpc) is 3.13. The summed E-state index contributed by atoms with van der Waals surface area (Å²) in [6.07, 6.45) is 1.54.